The topological polar surface area (TPSA) is 52.6 Å². The molecule has 4 nitrogen and oxygen atoms in total. The Labute approximate surface area is 107 Å². The van der Waals surface area contributed by atoms with Crippen molar-refractivity contribution in [2.24, 2.45) is 0 Å². The minimum Gasteiger partial charge on any atom is -0.465 e. The molecule has 0 fully saturated rings. The quantitative estimate of drug-likeness (QED) is 0.424. The number of esters is 2. The highest BCUT2D eigenvalue weighted by molar-refractivity contribution is 5.91. The molecule has 98 valence electrons. The van der Waals surface area contributed by atoms with E-state index in [1.165, 1.54) is 0 Å². The molecule has 0 saturated carbocycles. The average Bonchev–Trinajstić information content (AvgIpc) is 2.38. The third kappa shape index (κ3) is 6.03. The van der Waals surface area contributed by atoms with Crippen LogP contribution in [0, 0.1) is 0 Å². The minimum atomic E-state index is -0.555. The van der Waals surface area contributed by atoms with Gasteiger partial charge in [0.1, 0.15) is 13.0 Å². The van der Waals surface area contributed by atoms with Crippen molar-refractivity contribution in [2.75, 3.05) is 6.61 Å². The molecular formula is C14H18O4. The van der Waals surface area contributed by atoms with E-state index in [0.717, 1.165) is 18.4 Å². The number of rotatable bonds is 7. The summed E-state index contributed by atoms with van der Waals surface area (Å²) >= 11 is 0. The van der Waals surface area contributed by atoms with Gasteiger partial charge < -0.3 is 9.47 Å². The van der Waals surface area contributed by atoms with Gasteiger partial charge in [-0.25, -0.2) is 0 Å². The maximum Gasteiger partial charge on any atom is 0.317 e. The number of ether oxygens (including phenoxy) is 2. The molecule has 0 bridgehead atoms. The van der Waals surface area contributed by atoms with Crippen LogP contribution >= 0.6 is 0 Å². The van der Waals surface area contributed by atoms with Gasteiger partial charge >= 0.3 is 11.9 Å². The Morgan fingerprint density at radius 3 is 2.39 bits per heavy atom. The van der Waals surface area contributed by atoms with E-state index in [1.54, 1.807) is 0 Å². The highest BCUT2D eigenvalue weighted by Gasteiger charge is 2.11. The molecule has 0 saturated heterocycles. The van der Waals surface area contributed by atoms with Crippen molar-refractivity contribution in [2.45, 2.75) is 32.8 Å². The van der Waals surface area contributed by atoms with E-state index in [2.05, 4.69) is 0 Å². The molecule has 0 atom stereocenters. The van der Waals surface area contributed by atoms with Crippen LogP contribution in [0.3, 0.4) is 0 Å². The molecule has 0 heterocycles. The largest absolute Gasteiger partial charge is 0.465 e. The van der Waals surface area contributed by atoms with Crippen LogP contribution in [-0.4, -0.2) is 18.5 Å². The smallest absolute Gasteiger partial charge is 0.317 e. The van der Waals surface area contributed by atoms with E-state index in [0.29, 0.717) is 6.61 Å². The molecule has 4 heteroatoms. The first-order chi connectivity index (χ1) is 8.72. The molecule has 0 amide bonds. The van der Waals surface area contributed by atoms with Crippen molar-refractivity contribution in [3.05, 3.63) is 35.9 Å². The lowest BCUT2D eigenvalue weighted by atomic mass is 10.2. The van der Waals surface area contributed by atoms with Crippen LogP contribution < -0.4 is 0 Å². The number of hydrogen-bond acceptors (Lipinski definition) is 4. The second-order valence-corrected chi connectivity index (χ2v) is 3.90. The minimum absolute atomic E-state index is 0.182. The van der Waals surface area contributed by atoms with Crippen molar-refractivity contribution in [1.82, 2.24) is 0 Å². The first kappa shape index (κ1) is 14.2. The Kier molecular flexibility index (Phi) is 6.54. The zero-order valence-electron chi connectivity index (χ0n) is 10.6. The van der Waals surface area contributed by atoms with Gasteiger partial charge in [0.25, 0.3) is 0 Å². The first-order valence-electron chi connectivity index (χ1n) is 6.07. The Morgan fingerprint density at radius 1 is 1.06 bits per heavy atom. The maximum absolute atomic E-state index is 11.3. The monoisotopic (exact) mass is 250 g/mol. The summed E-state index contributed by atoms with van der Waals surface area (Å²) in [6.07, 6.45) is 1.44. The van der Waals surface area contributed by atoms with Gasteiger partial charge in [0.2, 0.25) is 0 Å². The Balaban J connectivity index is 2.19. The Bertz CT molecular complexity index is 373. The molecule has 1 aromatic carbocycles. The predicted octanol–water partition coefficient (Wildman–Crippen LogP) is 2.46. The highest BCUT2D eigenvalue weighted by Crippen LogP contribution is 2.02. The fourth-order valence-electron chi connectivity index (χ4n) is 1.29. The Hall–Kier alpha value is -1.84. The lowest BCUT2D eigenvalue weighted by Gasteiger charge is -2.05. The van der Waals surface area contributed by atoms with Crippen LogP contribution in [0.15, 0.2) is 30.3 Å². The zero-order chi connectivity index (χ0) is 13.2. The molecule has 0 aliphatic rings. The number of carbonyl (C=O) groups excluding carboxylic acids is 2. The normalized spacial score (nSPS) is 9.83. The molecular weight excluding hydrogens is 232 g/mol. The van der Waals surface area contributed by atoms with Crippen molar-refractivity contribution < 1.29 is 19.1 Å². The zero-order valence-corrected chi connectivity index (χ0v) is 10.6. The van der Waals surface area contributed by atoms with E-state index in [-0.39, 0.29) is 13.0 Å². The maximum atomic E-state index is 11.3. The van der Waals surface area contributed by atoms with Gasteiger partial charge in [-0.15, -0.1) is 0 Å². The SMILES string of the molecule is CCCCOC(=O)CC(=O)OCc1ccccc1. The lowest BCUT2D eigenvalue weighted by Crippen LogP contribution is -2.14. The van der Waals surface area contributed by atoms with E-state index < -0.39 is 11.9 Å². The summed E-state index contributed by atoms with van der Waals surface area (Å²) in [5, 5.41) is 0. The lowest BCUT2D eigenvalue weighted by molar-refractivity contribution is -0.155. The number of hydrogen-bond donors (Lipinski definition) is 0. The van der Waals surface area contributed by atoms with Crippen molar-refractivity contribution >= 4 is 11.9 Å². The molecule has 0 N–H and O–H groups in total. The standard InChI is InChI=1S/C14H18O4/c1-2-3-9-17-13(15)10-14(16)18-11-12-7-5-4-6-8-12/h4-8H,2-3,9-11H2,1H3. The van der Waals surface area contributed by atoms with E-state index in [4.69, 9.17) is 9.47 Å². The number of benzene rings is 1. The molecule has 18 heavy (non-hydrogen) atoms. The molecule has 1 rings (SSSR count). The summed E-state index contributed by atoms with van der Waals surface area (Å²) in [6.45, 7) is 2.55. The molecule has 0 unspecified atom stereocenters. The van der Waals surface area contributed by atoms with Crippen molar-refractivity contribution in [1.29, 1.82) is 0 Å². The van der Waals surface area contributed by atoms with Gasteiger partial charge in [0.15, 0.2) is 0 Å². The van der Waals surface area contributed by atoms with E-state index in [9.17, 15) is 9.59 Å². The number of carbonyl (C=O) groups is 2. The second-order valence-electron chi connectivity index (χ2n) is 3.90. The van der Waals surface area contributed by atoms with Gasteiger partial charge in [-0.1, -0.05) is 43.7 Å². The van der Waals surface area contributed by atoms with Crippen molar-refractivity contribution in [3.63, 3.8) is 0 Å². The second kappa shape index (κ2) is 8.28. The van der Waals surface area contributed by atoms with E-state index >= 15 is 0 Å². The summed E-state index contributed by atoms with van der Waals surface area (Å²) in [4.78, 5) is 22.6. The predicted molar refractivity (Wildman–Crippen MR) is 66.7 cm³/mol. The summed E-state index contributed by atoms with van der Waals surface area (Å²) in [6, 6.07) is 9.32. The first-order valence-corrected chi connectivity index (χ1v) is 6.07. The third-order valence-corrected chi connectivity index (χ3v) is 2.29. The van der Waals surface area contributed by atoms with Gasteiger partial charge in [-0.05, 0) is 12.0 Å². The van der Waals surface area contributed by atoms with Crippen LogP contribution in [0.5, 0.6) is 0 Å². The van der Waals surface area contributed by atoms with Gasteiger partial charge in [0.05, 0.1) is 6.61 Å². The summed E-state index contributed by atoms with van der Waals surface area (Å²) < 4.78 is 9.83. The fraction of sp³-hybridized carbons (Fsp3) is 0.429. The summed E-state index contributed by atoms with van der Waals surface area (Å²) in [7, 11) is 0. The number of unbranched alkanes of at least 4 members (excludes halogenated alkanes) is 1. The third-order valence-electron chi connectivity index (χ3n) is 2.29. The summed E-state index contributed by atoms with van der Waals surface area (Å²) in [5.74, 6) is -1.08. The Morgan fingerprint density at radius 2 is 1.72 bits per heavy atom. The van der Waals surface area contributed by atoms with E-state index in [1.807, 2.05) is 37.3 Å². The molecule has 0 aliphatic carbocycles. The average molecular weight is 250 g/mol. The van der Waals surface area contributed by atoms with Gasteiger partial charge in [0, 0.05) is 0 Å². The van der Waals surface area contributed by atoms with Crippen LogP contribution in [0.4, 0.5) is 0 Å². The molecule has 0 spiro atoms. The molecule has 1 aromatic rings. The van der Waals surface area contributed by atoms with Crippen LogP contribution in [-0.2, 0) is 25.7 Å². The molecule has 0 aliphatic heterocycles. The van der Waals surface area contributed by atoms with Gasteiger partial charge in [-0.3, -0.25) is 9.59 Å². The van der Waals surface area contributed by atoms with Crippen LogP contribution in [0.1, 0.15) is 31.7 Å². The molecule has 0 aromatic heterocycles. The van der Waals surface area contributed by atoms with Crippen LogP contribution in [0.2, 0.25) is 0 Å². The fourth-order valence-corrected chi connectivity index (χ4v) is 1.29. The van der Waals surface area contributed by atoms with Crippen molar-refractivity contribution in [3.8, 4) is 0 Å². The highest BCUT2D eigenvalue weighted by atomic mass is 16.6. The molecule has 0 radical (unpaired) electrons. The summed E-state index contributed by atoms with van der Waals surface area (Å²) in [5.41, 5.74) is 0.894. The van der Waals surface area contributed by atoms with Gasteiger partial charge in [-0.2, -0.15) is 0 Å². The van der Waals surface area contributed by atoms with Crippen LogP contribution in [0.25, 0.3) is 0 Å².